The molecule has 0 saturated carbocycles. The van der Waals surface area contributed by atoms with Crippen LogP contribution in [0.5, 0.6) is 0 Å². The van der Waals surface area contributed by atoms with Crippen LogP contribution >= 0.6 is 35.3 Å². The van der Waals surface area contributed by atoms with Gasteiger partial charge in [0.1, 0.15) is 5.01 Å². The van der Waals surface area contributed by atoms with Gasteiger partial charge in [0.15, 0.2) is 11.7 Å². The van der Waals surface area contributed by atoms with Crippen LogP contribution in [0.4, 0.5) is 13.2 Å². The third-order valence-electron chi connectivity index (χ3n) is 3.95. The number of aryl methyl sites for hydroxylation is 1. The third-order valence-corrected chi connectivity index (χ3v) is 4.79. The zero-order chi connectivity index (χ0) is 20.0. The first-order valence-corrected chi connectivity index (χ1v) is 9.79. The summed E-state index contributed by atoms with van der Waals surface area (Å²) in [6, 6.07) is 7.95. The average molecular weight is 538 g/mol. The predicted molar refractivity (Wildman–Crippen MR) is 120 cm³/mol. The van der Waals surface area contributed by atoms with Gasteiger partial charge in [-0.25, -0.2) is 15.0 Å². The third kappa shape index (κ3) is 6.56. The number of hydrogen-bond donors (Lipinski definition) is 2. The fourth-order valence-electron chi connectivity index (χ4n) is 2.65. The lowest BCUT2D eigenvalue weighted by atomic mass is 10.3. The van der Waals surface area contributed by atoms with Gasteiger partial charge in [0.2, 0.25) is 0 Å². The van der Waals surface area contributed by atoms with Crippen LogP contribution in [0.2, 0.25) is 0 Å². The number of guanidine groups is 1. The zero-order valence-electron chi connectivity index (χ0n) is 15.7. The SMILES string of the molecule is CCNC(=NCc1nc(C(F)(F)F)cs1)NCCCn1cnc2ccccc21.I. The average Bonchev–Trinajstić information content (AvgIpc) is 3.30. The smallest absolute Gasteiger partial charge is 0.357 e. The van der Waals surface area contributed by atoms with Crippen molar-refractivity contribution in [3.8, 4) is 0 Å². The number of thiazole rings is 1. The second-order valence-corrected chi connectivity index (χ2v) is 6.97. The van der Waals surface area contributed by atoms with Gasteiger partial charge in [-0.2, -0.15) is 13.2 Å². The molecule has 0 amide bonds. The largest absolute Gasteiger partial charge is 0.434 e. The fraction of sp³-hybridized carbons (Fsp3) is 0.389. The standard InChI is InChI=1S/C18H21F3N6S.HI/c1-2-22-17(24-10-16-26-15(11-28-16)18(19,20)21)23-8-5-9-27-12-25-13-6-3-4-7-14(13)27;/h3-4,6-7,11-12H,2,5,8-10H2,1H3,(H2,22,23,24);1H. The molecule has 0 saturated heterocycles. The molecule has 158 valence electrons. The Morgan fingerprint density at radius 1 is 1.24 bits per heavy atom. The van der Waals surface area contributed by atoms with Crippen molar-refractivity contribution in [1.29, 1.82) is 0 Å². The first-order chi connectivity index (χ1) is 13.5. The lowest BCUT2D eigenvalue weighted by molar-refractivity contribution is -0.140. The molecule has 0 unspecified atom stereocenters. The summed E-state index contributed by atoms with van der Waals surface area (Å²) in [4.78, 5) is 12.3. The summed E-state index contributed by atoms with van der Waals surface area (Å²) in [6.45, 7) is 4.16. The lowest BCUT2D eigenvalue weighted by Crippen LogP contribution is -2.38. The Morgan fingerprint density at radius 3 is 2.76 bits per heavy atom. The van der Waals surface area contributed by atoms with Crippen molar-refractivity contribution in [2.24, 2.45) is 4.99 Å². The monoisotopic (exact) mass is 538 g/mol. The van der Waals surface area contributed by atoms with Gasteiger partial charge < -0.3 is 15.2 Å². The number of nitrogens with zero attached hydrogens (tertiary/aromatic N) is 4. The van der Waals surface area contributed by atoms with Gasteiger partial charge in [-0.3, -0.25) is 0 Å². The van der Waals surface area contributed by atoms with E-state index in [0.717, 1.165) is 40.7 Å². The number of para-hydroxylation sites is 2. The van der Waals surface area contributed by atoms with Crippen molar-refractivity contribution in [3.63, 3.8) is 0 Å². The topological polar surface area (TPSA) is 67.1 Å². The van der Waals surface area contributed by atoms with Crippen LogP contribution in [0, 0.1) is 0 Å². The minimum atomic E-state index is -4.42. The molecule has 1 aromatic carbocycles. The van der Waals surface area contributed by atoms with Gasteiger partial charge in [0.25, 0.3) is 0 Å². The van der Waals surface area contributed by atoms with E-state index in [1.165, 1.54) is 0 Å². The van der Waals surface area contributed by atoms with Gasteiger partial charge in [-0.05, 0) is 25.5 Å². The molecule has 2 heterocycles. The summed E-state index contributed by atoms with van der Waals surface area (Å²) < 4.78 is 39.9. The highest BCUT2D eigenvalue weighted by molar-refractivity contribution is 14.0. The summed E-state index contributed by atoms with van der Waals surface area (Å²) in [5.41, 5.74) is 1.19. The summed E-state index contributed by atoms with van der Waals surface area (Å²) in [5, 5.41) is 7.63. The maximum Gasteiger partial charge on any atom is 0.434 e. The number of fused-ring (bicyclic) bond motifs is 1. The van der Waals surface area contributed by atoms with Crippen molar-refractivity contribution < 1.29 is 13.2 Å². The molecule has 0 aliphatic carbocycles. The zero-order valence-corrected chi connectivity index (χ0v) is 18.9. The number of aliphatic imine (C=N–C) groups is 1. The predicted octanol–water partition coefficient (Wildman–Crippen LogP) is 4.28. The number of imidazole rings is 1. The molecule has 0 radical (unpaired) electrons. The minimum absolute atomic E-state index is 0. The Hall–Kier alpha value is -1.89. The van der Waals surface area contributed by atoms with Gasteiger partial charge in [-0.15, -0.1) is 35.3 Å². The van der Waals surface area contributed by atoms with E-state index in [1.54, 1.807) is 0 Å². The summed E-state index contributed by atoms with van der Waals surface area (Å²) >= 11 is 0.960. The van der Waals surface area contributed by atoms with Crippen molar-refractivity contribution in [2.75, 3.05) is 13.1 Å². The van der Waals surface area contributed by atoms with Crippen LogP contribution in [0.25, 0.3) is 11.0 Å². The maximum absolute atomic E-state index is 12.6. The molecule has 0 fully saturated rings. The first-order valence-electron chi connectivity index (χ1n) is 8.91. The first kappa shape index (κ1) is 23.4. The minimum Gasteiger partial charge on any atom is -0.357 e. The number of nitrogens with one attached hydrogen (secondary N) is 2. The Bertz CT molecular complexity index is 937. The number of benzene rings is 1. The molecule has 0 bridgehead atoms. The summed E-state index contributed by atoms with van der Waals surface area (Å²) in [6.07, 6.45) is -1.75. The van der Waals surface area contributed by atoms with Gasteiger partial charge in [-0.1, -0.05) is 12.1 Å². The fourth-order valence-corrected chi connectivity index (χ4v) is 3.37. The van der Waals surface area contributed by atoms with E-state index in [-0.39, 0.29) is 30.5 Å². The highest BCUT2D eigenvalue weighted by Crippen LogP contribution is 2.30. The number of rotatable bonds is 7. The molecule has 2 N–H and O–H groups in total. The van der Waals surface area contributed by atoms with Crippen LogP contribution in [0.15, 0.2) is 41.0 Å². The van der Waals surface area contributed by atoms with E-state index in [4.69, 9.17) is 0 Å². The van der Waals surface area contributed by atoms with E-state index < -0.39 is 11.9 Å². The van der Waals surface area contributed by atoms with E-state index in [2.05, 4.69) is 30.2 Å². The molecular formula is C18H22F3IN6S. The second kappa shape index (κ2) is 10.8. The van der Waals surface area contributed by atoms with Crippen LogP contribution in [0.3, 0.4) is 0 Å². The Kier molecular flexibility index (Phi) is 8.68. The Balaban J connectivity index is 0.00000300. The molecular weight excluding hydrogens is 516 g/mol. The summed E-state index contributed by atoms with van der Waals surface area (Å²) in [5.74, 6) is 0.557. The van der Waals surface area contributed by atoms with Gasteiger partial charge >= 0.3 is 6.18 Å². The van der Waals surface area contributed by atoms with Crippen LogP contribution in [-0.4, -0.2) is 33.6 Å². The highest BCUT2D eigenvalue weighted by Gasteiger charge is 2.33. The van der Waals surface area contributed by atoms with Crippen molar-refractivity contribution >= 4 is 52.3 Å². The molecule has 2 aromatic heterocycles. The van der Waals surface area contributed by atoms with Crippen LogP contribution in [0.1, 0.15) is 24.0 Å². The Labute approximate surface area is 187 Å². The number of aromatic nitrogens is 3. The van der Waals surface area contributed by atoms with E-state index in [0.29, 0.717) is 24.1 Å². The molecule has 3 aromatic rings. The van der Waals surface area contributed by atoms with Crippen molar-refractivity contribution in [3.05, 3.63) is 46.7 Å². The van der Waals surface area contributed by atoms with Crippen molar-refractivity contribution in [2.45, 2.75) is 32.6 Å². The second-order valence-electron chi connectivity index (χ2n) is 6.03. The van der Waals surface area contributed by atoms with Gasteiger partial charge in [0.05, 0.1) is 23.9 Å². The van der Waals surface area contributed by atoms with Crippen LogP contribution in [-0.2, 0) is 19.3 Å². The summed E-state index contributed by atoms with van der Waals surface area (Å²) in [7, 11) is 0. The number of hydrogen-bond acceptors (Lipinski definition) is 4. The molecule has 11 heteroatoms. The molecule has 0 spiro atoms. The molecule has 0 atom stereocenters. The molecule has 0 aliphatic heterocycles. The van der Waals surface area contributed by atoms with E-state index in [9.17, 15) is 13.2 Å². The molecule has 29 heavy (non-hydrogen) atoms. The van der Waals surface area contributed by atoms with E-state index >= 15 is 0 Å². The lowest BCUT2D eigenvalue weighted by Gasteiger charge is -2.11. The normalized spacial score (nSPS) is 12.1. The number of halogens is 4. The quantitative estimate of drug-likeness (QED) is 0.204. The Morgan fingerprint density at radius 2 is 2.03 bits per heavy atom. The molecule has 0 aliphatic rings. The van der Waals surface area contributed by atoms with Crippen molar-refractivity contribution in [1.82, 2.24) is 25.2 Å². The highest BCUT2D eigenvalue weighted by atomic mass is 127. The molecule has 3 rings (SSSR count). The van der Waals surface area contributed by atoms with E-state index in [1.807, 2.05) is 37.5 Å². The molecule has 6 nitrogen and oxygen atoms in total. The number of alkyl halides is 3. The van der Waals surface area contributed by atoms with Gasteiger partial charge in [0, 0.05) is 25.0 Å². The maximum atomic E-state index is 12.6. The van der Waals surface area contributed by atoms with Crippen LogP contribution < -0.4 is 10.6 Å².